The second-order valence-corrected chi connectivity index (χ2v) is 3.65. The van der Waals surface area contributed by atoms with Crippen molar-refractivity contribution in [1.29, 1.82) is 0 Å². The molecule has 1 N–H and O–H groups in total. The number of carbonyl (C=O) groups excluding carboxylic acids is 2. The van der Waals surface area contributed by atoms with Gasteiger partial charge in [0, 0.05) is 13.0 Å². The molecule has 0 saturated carbocycles. The molecule has 1 saturated heterocycles. The minimum absolute atomic E-state index is 0.0272. The summed E-state index contributed by atoms with van der Waals surface area (Å²) in [4.78, 5) is 23.6. The minimum Gasteiger partial charge on any atom is -0.289 e. The molecule has 0 bridgehead atoms. The second-order valence-electron chi connectivity index (χ2n) is 3.38. The lowest BCUT2D eigenvalue weighted by molar-refractivity contribution is -0.120. The Bertz CT molecular complexity index is 482. The average Bonchev–Trinajstić information content (AvgIpc) is 2.30. The number of urea groups is 1. The topological polar surface area (TPSA) is 75.2 Å². The summed E-state index contributed by atoms with van der Waals surface area (Å²) in [5.41, 5.74) is -0.0606. The van der Waals surface area contributed by atoms with Crippen LogP contribution < -0.4 is 10.2 Å². The number of halogens is 2. The zero-order valence-electron chi connectivity index (χ0n) is 8.61. The number of hydrogen-bond donors (Lipinski definition) is 1. The van der Waals surface area contributed by atoms with E-state index in [9.17, 15) is 14.0 Å². The number of amides is 3. The van der Waals surface area contributed by atoms with Crippen LogP contribution in [-0.2, 0) is 10.7 Å². The van der Waals surface area contributed by atoms with Crippen LogP contribution in [0.3, 0.4) is 0 Å². The number of rotatable bonds is 2. The highest BCUT2D eigenvalue weighted by atomic mass is 35.5. The summed E-state index contributed by atoms with van der Waals surface area (Å²) in [6.45, 7) is 0.106. The van der Waals surface area contributed by atoms with Gasteiger partial charge in [0.2, 0.25) is 5.91 Å². The molecular formula is C9H8ClFN4O2. The maximum absolute atomic E-state index is 13.8. The molecule has 0 unspecified atom stereocenters. The first-order chi connectivity index (χ1) is 8.13. The molecule has 1 aliphatic heterocycles. The number of hydrogen-bond acceptors (Lipinski definition) is 4. The third kappa shape index (κ3) is 2.19. The molecule has 1 aromatic rings. The Morgan fingerprint density at radius 2 is 2.29 bits per heavy atom. The van der Waals surface area contributed by atoms with Gasteiger partial charge in [0.1, 0.15) is 11.4 Å². The van der Waals surface area contributed by atoms with E-state index in [1.807, 2.05) is 0 Å². The summed E-state index contributed by atoms with van der Waals surface area (Å²) >= 11 is 5.49. The second kappa shape index (κ2) is 4.62. The first-order valence-corrected chi connectivity index (χ1v) is 5.34. The van der Waals surface area contributed by atoms with Gasteiger partial charge in [0.05, 0.1) is 12.1 Å². The zero-order valence-corrected chi connectivity index (χ0v) is 9.37. The van der Waals surface area contributed by atoms with E-state index in [0.29, 0.717) is 0 Å². The third-order valence-electron chi connectivity index (χ3n) is 2.31. The highest BCUT2D eigenvalue weighted by Gasteiger charge is 2.27. The molecule has 17 heavy (non-hydrogen) atoms. The number of nitrogens with one attached hydrogen (secondary N) is 1. The summed E-state index contributed by atoms with van der Waals surface area (Å²) in [7, 11) is 0. The Hall–Kier alpha value is -1.76. The van der Waals surface area contributed by atoms with E-state index in [1.54, 1.807) is 0 Å². The molecule has 0 aliphatic carbocycles. The van der Waals surface area contributed by atoms with E-state index in [4.69, 9.17) is 11.6 Å². The van der Waals surface area contributed by atoms with Crippen molar-refractivity contribution >= 4 is 29.2 Å². The van der Waals surface area contributed by atoms with Crippen LogP contribution in [-0.4, -0.2) is 28.7 Å². The number of imide groups is 1. The van der Waals surface area contributed by atoms with Crippen LogP contribution in [0.4, 0.5) is 14.9 Å². The van der Waals surface area contributed by atoms with Crippen molar-refractivity contribution in [2.75, 3.05) is 11.4 Å². The molecule has 1 fully saturated rings. The monoisotopic (exact) mass is 258 g/mol. The van der Waals surface area contributed by atoms with Gasteiger partial charge in [0.15, 0.2) is 5.82 Å². The quantitative estimate of drug-likeness (QED) is 0.796. The van der Waals surface area contributed by atoms with E-state index >= 15 is 0 Å². The van der Waals surface area contributed by atoms with Gasteiger partial charge in [-0.15, -0.1) is 11.6 Å². The van der Waals surface area contributed by atoms with Crippen LogP contribution in [0.5, 0.6) is 0 Å². The van der Waals surface area contributed by atoms with Gasteiger partial charge >= 0.3 is 6.03 Å². The van der Waals surface area contributed by atoms with E-state index in [2.05, 4.69) is 15.5 Å². The van der Waals surface area contributed by atoms with Crippen molar-refractivity contribution in [3.8, 4) is 0 Å². The van der Waals surface area contributed by atoms with E-state index in [0.717, 1.165) is 11.1 Å². The molecule has 2 heterocycles. The largest absolute Gasteiger partial charge is 0.328 e. The van der Waals surface area contributed by atoms with Crippen molar-refractivity contribution in [3.05, 3.63) is 17.7 Å². The molecule has 2 rings (SSSR count). The van der Waals surface area contributed by atoms with Crippen molar-refractivity contribution in [2.24, 2.45) is 0 Å². The highest BCUT2D eigenvalue weighted by molar-refractivity contribution is 6.17. The Balaban J connectivity index is 2.34. The van der Waals surface area contributed by atoms with E-state index < -0.39 is 11.8 Å². The molecule has 1 aromatic heterocycles. The molecule has 3 amide bonds. The number of anilines is 1. The summed E-state index contributed by atoms with van der Waals surface area (Å²) in [5.74, 6) is -1.22. The Labute approximate surface area is 101 Å². The van der Waals surface area contributed by atoms with Gasteiger partial charge in [-0.1, -0.05) is 0 Å². The molecule has 90 valence electrons. The van der Waals surface area contributed by atoms with Crippen LogP contribution in [0.15, 0.2) is 6.20 Å². The molecule has 0 atom stereocenters. The Morgan fingerprint density at radius 1 is 1.53 bits per heavy atom. The van der Waals surface area contributed by atoms with Gasteiger partial charge in [-0.3, -0.25) is 15.0 Å². The van der Waals surface area contributed by atoms with Crippen molar-refractivity contribution in [3.63, 3.8) is 0 Å². The van der Waals surface area contributed by atoms with Crippen LogP contribution >= 0.6 is 11.6 Å². The summed E-state index contributed by atoms with van der Waals surface area (Å²) in [6.07, 6.45) is 1.24. The predicted octanol–water partition coefficient (Wildman–Crippen LogP) is 0.801. The summed E-state index contributed by atoms with van der Waals surface area (Å²) in [6, 6.07) is -0.673. The van der Waals surface area contributed by atoms with E-state index in [-0.39, 0.29) is 36.1 Å². The summed E-state index contributed by atoms with van der Waals surface area (Å²) in [5, 5.41) is 9.17. The van der Waals surface area contributed by atoms with Gasteiger partial charge in [-0.2, -0.15) is 10.2 Å². The van der Waals surface area contributed by atoms with Gasteiger partial charge in [-0.05, 0) is 0 Å². The number of alkyl halides is 1. The fraction of sp³-hybridized carbons (Fsp3) is 0.333. The number of carbonyl (C=O) groups is 2. The maximum Gasteiger partial charge on any atom is 0.328 e. The summed E-state index contributed by atoms with van der Waals surface area (Å²) < 4.78 is 13.8. The highest BCUT2D eigenvalue weighted by Crippen LogP contribution is 2.22. The van der Waals surface area contributed by atoms with Crippen molar-refractivity contribution in [1.82, 2.24) is 15.5 Å². The lowest BCUT2D eigenvalue weighted by Gasteiger charge is -2.26. The van der Waals surface area contributed by atoms with Crippen LogP contribution in [0.25, 0.3) is 0 Å². The van der Waals surface area contributed by atoms with Crippen LogP contribution in [0.2, 0.25) is 0 Å². The third-order valence-corrected chi connectivity index (χ3v) is 2.56. The van der Waals surface area contributed by atoms with Crippen molar-refractivity contribution < 1.29 is 14.0 Å². The number of nitrogens with zero attached hydrogens (tertiary/aromatic N) is 3. The standard InChI is InChI=1S/C9H8ClFN4O2/c10-3-5-8(11)6(4-12-14-5)15-2-1-7(16)13-9(15)17/h4H,1-3H2,(H,13,16,17). The molecule has 0 spiro atoms. The predicted molar refractivity (Wildman–Crippen MR) is 57.0 cm³/mol. The van der Waals surface area contributed by atoms with Crippen LogP contribution in [0, 0.1) is 5.82 Å². The lowest BCUT2D eigenvalue weighted by atomic mass is 10.2. The first kappa shape index (κ1) is 11.7. The minimum atomic E-state index is -0.695. The Kier molecular flexibility index (Phi) is 3.19. The normalized spacial score (nSPS) is 16.0. The maximum atomic E-state index is 13.8. The average molecular weight is 259 g/mol. The van der Waals surface area contributed by atoms with Crippen LogP contribution in [0.1, 0.15) is 12.1 Å². The first-order valence-electron chi connectivity index (χ1n) is 4.81. The molecule has 0 radical (unpaired) electrons. The molecule has 6 nitrogen and oxygen atoms in total. The fourth-order valence-electron chi connectivity index (χ4n) is 1.47. The Morgan fingerprint density at radius 3 is 2.94 bits per heavy atom. The van der Waals surface area contributed by atoms with Crippen molar-refractivity contribution in [2.45, 2.75) is 12.3 Å². The molecular weight excluding hydrogens is 251 g/mol. The van der Waals surface area contributed by atoms with E-state index in [1.165, 1.54) is 0 Å². The molecule has 1 aliphatic rings. The zero-order chi connectivity index (χ0) is 12.4. The van der Waals surface area contributed by atoms with Gasteiger partial charge < -0.3 is 0 Å². The smallest absolute Gasteiger partial charge is 0.289 e. The van der Waals surface area contributed by atoms with Gasteiger partial charge in [0.25, 0.3) is 0 Å². The SMILES string of the molecule is O=C1CCN(c2cnnc(CCl)c2F)C(=O)N1. The van der Waals surface area contributed by atoms with Gasteiger partial charge in [-0.25, -0.2) is 9.18 Å². The fourth-order valence-corrected chi connectivity index (χ4v) is 1.64. The number of aromatic nitrogens is 2. The molecule has 0 aromatic carbocycles. The molecule has 8 heteroatoms. The lowest BCUT2D eigenvalue weighted by Crippen LogP contribution is -2.50.